The third-order valence-electron chi connectivity index (χ3n) is 0.932. The molecule has 0 amide bonds. The molecule has 0 aliphatic heterocycles. The average Bonchev–Trinajstić information content (AvgIpc) is 2.34. The molecule has 0 radical (unpaired) electrons. The second-order valence-electron chi connectivity index (χ2n) is 1.58. The second kappa shape index (κ2) is 6.82. The number of rotatable bonds is 2. The average molecular weight is 217 g/mol. The first-order chi connectivity index (χ1) is 4.36. The van der Waals surface area contributed by atoms with E-state index in [9.17, 15) is 0 Å². The number of hydrogen-bond acceptors (Lipinski definition) is 4. The molecule has 1 rings (SSSR count). The molecule has 0 atom stereocenters. The van der Waals surface area contributed by atoms with Gasteiger partial charge in [0, 0.05) is 12.7 Å². The summed E-state index contributed by atoms with van der Waals surface area (Å²) in [6.45, 7) is 0.530. The van der Waals surface area contributed by atoms with Crippen LogP contribution >= 0.6 is 36.2 Å². The Morgan fingerprint density at radius 1 is 1.55 bits per heavy atom. The lowest BCUT2D eigenvalue weighted by atomic mass is 10.6. The van der Waals surface area contributed by atoms with Crippen LogP contribution in [0.4, 0.5) is 0 Å². The lowest BCUT2D eigenvalue weighted by Gasteiger charge is -1.81. The molecule has 0 aliphatic carbocycles. The van der Waals surface area contributed by atoms with Gasteiger partial charge in [-0.05, 0) is 0 Å². The van der Waals surface area contributed by atoms with Gasteiger partial charge in [-0.3, -0.25) is 0 Å². The van der Waals surface area contributed by atoms with Gasteiger partial charge in [-0.25, -0.2) is 4.98 Å². The fourth-order valence-corrected chi connectivity index (χ4v) is 1.18. The first-order valence-electron chi connectivity index (χ1n) is 2.61. The van der Waals surface area contributed by atoms with E-state index in [2.05, 4.69) is 4.98 Å². The van der Waals surface area contributed by atoms with E-state index in [0.717, 1.165) is 9.88 Å². The van der Waals surface area contributed by atoms with Gasteiger partial charge in [0.05, 0.1) is 11.5 Å². The monoisotopic (exact) mass is 216 g/mol. The summed E-state index contributed by atoms with van der Waals surface area (Å²) >= 11 is 1.45. The quantitative estimate of drug-likeness (QED) is 0.774. The van der Waals surface area contributed by atoms with Gasteiger partial charge in [0.2, 0.25) is 0 Å². The molecule has 11 heavy (non-hydrogen) atoms. The van der Waals surface area contributed by atoms with E-state index in [4.69, 9.17) is 10.8 Å². The molecule has 3 N–H and O–H groups in total. The van der Waals surface area contributed by atoms with E-state index in [1.165, 1.54) is 11.3 Å². The topological polar surface area (TPSA) is 59.1 Å². The van der Waals surface area contributed by atoms with Crippen LogP contribution in [-0.4, -0.2) is 10.1 Å². The van der Waals surface area contributed by atoms with Crippen molar-refractivity contribution in [3.05, 3.63) is 16.1 Å². The van der Waals surface area contributed by atoms with Crippen molar-refractivity contribution >= 4 is 36.2 Å². The largest absolute Gasteiger partial charge is 0.391 e. The van der Waals surface area contributed by atoms with Gasteiger partial charge >= 0.3 is 0 Å². The molecule has 66 valence electrons. The Kier molecular flexibility index (Phi) is 8.49. The highest BCUT2D eigenvalue weighted by Crippen LogP contribution is 2.10. The number of halogens is 2. The van der Waals surface area contributed by atoms with Gasteiger partial charge in [-0.15, -0.1) is 36.2 Å². The van der Waals surface area contributed by atoms with Gasteiger partial charge in [0.15, 0.2) is 0 Å². The number of aliphatic hydroxyl groups excluding tert-OH is 1. The maximum Gasteiger partial charge on any atom is 0.106 e. The Bertz CT molecular complexity index is 176. The smallest absolute Gasteiger partial charge is 0.106 e. The van der Waals surface area contributed by atoms with Crippen molar-refractivity contribution in [3.8, 4) is 0 Å². The SMILES string of the molecule is Cl.Cl.NCc1ncc(CO)s1. The Balaban J connectivity index is 0. The molecule has 0 saturated heterocycles. The molecule has 0 aliphatic rings. The standard InChI is InChI=1S/C5H8N2OS.2ClH/c6-1-5-7-2-4(3-8)9-5;;/h2,8H,1,3,6H2;2*1H. The zero-order chi connectivity index (χ0) is 6.69. The molecule has 6 heteroatoms. The minimum atomic E-state index is 0. The van der Waals surface area contributed by atoms with Crippen molar-refractivity contribution in [2.45, 2.75) is 13.2 Å². The predicted molar refractivity (Wildman–Crippen MR) is 50.4 cm³/mol. The van der Waals surface area contributed by atoms with E-state index in [0.29, 0.717) is 6.54 Å². The molecule has 0 aromatic carbocycles. The Hall–Kier alpha value is 0.130. The lowest BCUT2D eigenvalue weighted by molar-refractivity contribution is 0.285. The van der Waals surface area contributed by atoms with Crippen LogP contribution in [0, 0.1) is 0 Å². The Morgan fingerprint density at radius 3 is 2.45 bits per heavy atom. The second-order valence-corrected chi connectivity index (χ2v) is 2.78. The summed E-state index contributed by atoms with van der Waals surface area (Å²) in [5.41, 5.74) is 5.28. The number of hydrogen-bond donors (Lipinski definition) is 2. The maximum atomic E-state index is 8.58. The highest BCUT2D eigenvalue weighted by Gasteiger charge is 1.96. The first kappa shape index (κ1) is 13.7. The lowest BCUT2D eigenvalue weighted by Crippen LogP contribution is -1.93. The van der Waals surface area contributed by atoms with Gasteiger partial charge in [0.25, 0.3) is 0 Å². The van der Waals surface area contributed by atoms with Crippen molar-refractivity contribution in [2.75, 3.05) is 0 Å². The van der Waals surface area contributed by atoms with Crippen molar-refractivity contribution in [1.29, 1.82) is 0 Å². The summed E-state index contributed by atoms with van der Waals surface area (Å²) in [4.78, 5) is 4.81. The molecule has 1 heterocycles. The number of nitrogens with zero attached hydrogens (tertiary/aromatic N) is 1. The van der Waals surface area contributed by atoms with E-state index in [1.54, 1.807) is 6.20 Å². The van der Waals surface area contributed by atoms with Crippen LogP contribution in [0.3, 0.4) is 0 Å². The summed E-state index contributed by atoms with van der Waals surface area (Å²) < 4.78 is 0. The number of aromatic nitrogens is 1. The zero-order valence-electron chi connectivity index (χ0n) is 5.69. The van der Waals surface area contributed by atoms with Gasteiger partial charge < -0.3 is 10.8 Å². The van der Waals surface area contributed by atoms with Crippen LogP contribution in [0.2, 0.25) is 0 Å². The predicted octanol–water partition coefficient (Wildman–Crippen LogP) is 0.938. The molecular formula is C5H10Cl2N2OS. The van der Waals surface area contributed by atoms with Crippen LogP contribution in [0.5, 0.6) is 0 Å². The highest BCUT2D eigenvalue weighted by atomic mass is 35.5. The number of aliphatic hydroxyl groups is 1. The Labute approximate surface area is 81.5 Å². The highest BCUT2D eigenvalue weighted by molar-refractivity contribution is 7.11. The first-order valence-corrected chi connectivity index (χ1v) is 3.43. The molecule has 0 saturated carbocycles. The normalized spacial score (nSPS) is 8.18. The van der Waals surface area contributed by atoms with Crippen LogP contribution in [-0.2, 0) is 13.2 Å². The maximum absolute atomic E-state index is 8.58. The van der Waals surface area contributed by atoms with Crippen LogP contribution in [0.25, 0.3) is 0 Å². The van der Waals surface area contributed by atoms with Gasteiger partial charge in [0.1, 0.15) is 5.01 Å². The summed E-state index contributed by atoms with van der Waals surface area (Å²) in [5, 5.41) is 9.45. The minimum Gasteiger partial charge on any atom is -0.391 e. The Morgan fingerprint density at radius 2 is 2.18 bits per heavy atom. The molecule has 1 aromatic heterocycles. The van der Waals surface area contributed by atoms with Crippen molar-refractivity contribution < 1.29 is 5.11 Å². The van der Waals surface area contributed by atoms with Crippen LogP contribution < -0.4 is 5.73 Å². The minimum absolute atomic E-state index is 0. The molecule has 3 nitrogen and oxygen atoms in total. The van der Waals surface area contributed by atoms with E-state index < -0.39 is 0 Å². The number of nitrogens with two attached hydrogens (primary N) is 1. The van der Waals surface area contributed by atoms with E-state index >= 15 is 0 Å². The van der Waals surface area contributed by atoms with E-state index in [1.807, 2.05) is 0 Å². The summed E-state index contributed by atoms with van der Waals surface area (Å²) in [7, 11) is 0. The van der Waals surface area contributed by atoms with Crippen molar-refractivity contribution in [1.82, 2.24) is 4.98 Å². The molecule has 1 aromatic rings. The summed E-state index contributed by atoms with van der Waals surface area (Å²) in [6, 6.07) is 0. The van der Waals surface area contributed by atoms with Crippen molar-refractivity contribution in [2.24, 2.45) is 5.73 Å². The molecule has 0 fully saturated rings. The van der Waals surface area contributed by atoms with Crippen LogP contribution in [0.1, 0.15) is 9.88 Å². The van der Waals surface area contributed by atoms with Gasteiger partial charge in [-0.2, -0.15) is 0 Å². The van der Waals surface area contributed by atoms with Crippen LogP contribution in [0.15, 0.2) is 6.20 Å². The number of thiazole rings is 1. The summed E-state index contributed by atoms with van der Waals surface area (Å²) in [5.74, 6) is 0. The third kappa shape index (κ3) is 3.88. The van der Waals surface area contributed by atoms with Gasteiger partial charge in [-0.1, -0.05) is 0 Å². The van der Waals surface area contributed by atoms with Crippen molar-refractivity contribution in [3.63, 3.8) is 0 Å². The third-order valence-corrected chi connectivity index (χ3v) is 1.94. The molecule has 0 unspecified atom stereocenters. The zero-order valence-corrected chi connectivity index (χ0v) is 8.14. The molecule has 0 bridgehead atoms. The molecular weight excluding hydrogens is 207 g/mol. The summed E-state index contributed by atoms with van der Waals surface area (Å²) in [6.07, 6.45) is 1.65. The molecule has 0 spiro atoms. The van der Waals surface area contributed by atoms with E-state index in [-0.39, 0.29) is 31.4 Å². The fraction of sp³-hybridized carbons (Fsp3) is 0.400. The fourth-order valence-electron chi connectivity index (χ4n) is 0.515.